The molecule has 0 aliphatic rings. The van der Waals surface area contributed by atoms with Crippen LogP contribution in [-0.4, -0.2) is 20.5 Å². The second kappa shape index (κ2) is 6.09. The van der Waals surface area contributed by atoms with Gasteiger partial charge in [-0.3, -0.25) is 4.79 Å². The molecule has 0 bridgehead atoms. The Balaban J connectivity index is 1.78. The van der Waals surface area contributed by atoms with Crippen LogP contribution >= 0.6 is 0 Å². The lowest BCUT2D eigenvalue weighted by Crippen LogP contribution is -2.10. The van der Waals surface area contributed by atoms with Crippen LogP contribution in [0.15, 0.2) is 72.8 Å². The second-order valence-electron chi connectivity index (χ2n) is 5.55. The first-order chi connectivity index (χ1) is 12.2. The number of carbonyl (C=O) groups excluding carboxylic acids is 1. The van der Waals surface area contributed by atoms with Gasteiger partial charge in [0.2, 0.25) is 11.9 Å². The Bertz CT molecular complexity index is 1060. The molecule has 0 radical (unpaired) electrons. The highest BCUT2D eigenvalue weighted by Crippen LogP contribution is 2.22. The van der Waals surface area contributed by atoms with Gasteiger partial charge in [0.15, 0.2) is 5.65 Å². The van der Waals surface area contributed by atoms with Crippen molar-refractivity contribution in [1.82, 2.24) is 14.6 Å². The summed E-state index contributed by atoms with van der Waals surface area (Å²) >= 11 is 0. The van der Waals surface area contributed by atoms with Gasteiger partial charge in [-0.1, -0.05) is 36.4 Å². The molecule has 4 rings (SSSR count). The summed E-state index contributed by atoms with van der Waals surface area (Å²) in [5.74, 6) is 0.0451. The van der Waals surface area contributed by atoms with E-state index >= 15 is 0 Å². The average molecular weight is 329 g/mol. The number of nitrogens with zero attached hydrogens (tertiary/aromatic N) is 3. The van der Waals surface area contributed by atoms with Crippen LogP contribution in [0.25, 0.3) is 16.9 Å². The van der Waals surface area contributed by atoms with E-state index in [1.807, 2.05) is 54.6 Å². The molecule has 122 valence electrons. The molecule has 2 heterocycles. The lowest BCUT2D eigenvalue weighted by Gasteiger charge is -2.05. The number of anilines is 2. The van der Waals surface area contributed by atoms with Crippen LogP contribution in [0.5, 0.6) is 0 Å². The number of fused-ring (bicyclic) bond motifs is 1. The Morgan fingerprint density at radius 1 is 0.960 bits per heavy atom. The van der Waals surface area contributed by atoms with Crippen LogP contribution in [0, 0.1) is 0 Å². The van der Waals surface area contributed by atoms with Gasteiger partial charge in [0.25, 0.3) is 0 Å². The van der Waals surface area contributed by atoms with Crippen molar-refractivity contribution in [3.63, 3.8) is 0 Å². The van der Waals surface area contributed by atoms with E-state index in [0.29, 0.717) is 17.2 Å². The van der Waals surface area contributed by atoms with Crippen molar-refractivity contribution < 1.29 is 4.79 Å². The number of hydrogen-bond donors (Lipinski definition) is 2. The number of amides is 1. The highest BCUT2D eigenvalue weighted by Gasteiger charge is 2.10. The number of primary amides is 1. The molecule has 6 heteroatoms. The predicted molar refractivity (Wildman–Crippen MR) is 96.7 cm³/mol. The van der Waals surface area contributed by atoms with Crippen LogP contribution in [0.4, 0.5) is 11.6 Å². The SMILES string of the molecule is NC(=O)c1cccc(-c2cccc3nc(Nc4ccccc4)nn23)c1. The summed E-state index contributed by atoms with van der Waals surface area (Å²) in [4.78, 5) is 15.9. The Labute approximate surface area is 143 Å². The summed E-state index contributed by atoms with van der Waals surface area (Å²) in [7, 11) is 0. The van der Waals surface area contributed by atoms with Crippen molar-refractivity contribution in [3.8, 4) is 11.3 Å². The van der Waals surface area contributed by atoms with E-state index in [4.69, 9.17) is 5.73 Å². The number of pyridine rings is 1. The number of carbonyl (C=O) groups is 1. The molecule has 6 nitrogen and oxygen atoms in total. The molecule has 0 atom stereocenters. The second-order valence-corrected chi connectivity index (χ2v) is 5.55. The molecule has 2 aromatic carbocycles. The number of aromatic nitrogens is 3. The molecule has 0 fully saturated rings. The fourth-order valence-corrected chi connectivity index (χ4v) is 2.66. The third-order valence-corrected chi connectivity index (χ3v) is 3.83. The zero-order valence-electron chi connectivity index (χ0n) is 13.3. The van der Waals surface area contributed by atoms with Crippen molar-refractivity contribution >= 4 is 23.2 Å². The first-order valence-electron chi connectivity index (χ1n) is 7.79. The smallest absolute Gasteiger partial charge is 0.248 e. The number of rotatable bonds is 4. The minimum atomic E-state index is -0.459. The van der Waals surface area contributed by atoms with Gasteiger partial charge in [0, 0.05) is 16.8 Å². The lowest BCUT2D eigenvalue weighted by atomic mass is 10.1. The molecule has 1 amide bonds. The normalized spacial score (nSPS) is 10.7. The van der Waals surface area contributed by atoms with E-state index in [1.165, 1.54) is 0 Å². The predicted octanol–water partition coefficient (Wildman–Crippen LogP) is 3.24. The average Bonchev–Trinajstić information content (AvgIpc) is 3.05. The van der Waals surface area contributed by atoms with Crippen molar-refractivity contribution in [3.05, 3.63) is 78.4 Å². The van der Waals surface area contributed by atoms with Gasteiger partial charge >= 0.3 is 0 Å². The first-order valence-corrected chi connectivity index (χ1v) is 7.79. The standard InChI is InChI=1S/C19H15N5O/c20-18(25)14-7-4-6-13(12-14)16-10-5-11-17-22-19(23-24(16)17)21-15-8-2-1-3-9-15/h1-12H,(H2,20,25)(H,21,23). The number of nitrogens with one attached hydrogen (secondary N) is 1. The van der Waals surface area contributed by atoms with E-state index in [9.17, 15) is 4.79 Å². The minimum absolute atomic E-state index is 0.456. The van der Waals surface area contributed by atoms with Gasteiger partial charge in [-0.15, -0.1) is 5.10 Å². The van der Waals surface area contributed by atoms with Gasteiger partial charge in [-0.2, -0.15) is 4.98 Å². The summed E-state index contributed by atoms with van der Waals surface area (Å²) in [6.07, 6.45) is 0. The van der Waals surface area contributed by atoms with Crippen molar-refractivity contribution in [1.29, 1.82) is 0 Å². The number of hydrogen-bond acceptors (Lipinski definition) is 4. The molecule has 25 heavy (non-hydrogen) atoms. The van der Waals surface area contributed by atoms with Gasteiger partial charge in [-0.05, 0) is 36.4 Å². The van der Waals surface area contributed by atoms with Crippen molar-refractivity contribution in [2.75, 3.05) is 5.32 Å². The zero-order chi connectivity index (χ0) is 17.2. The van der Waals surface area contributed by atoms with Crippen LogP contribution < -0.4 is 11.1 Å². The maximum absolute atomic E-state index is 11.4. The molecule has 0 aliphatic heterocycles. The highest BCUT2D eigenvalue weighted by molar-refractivity contribution is 5.94. The largest absolute Gasteiger partial charge is 0.366 e. The lowest BCUT2D eigenvalue weighted by molar-refractivity contribution is 0.100. The summed E-state index contributed by atoms with van der Waals surface area (Å²) in [6.45, 7) is 0. The fourth-order valence-electron chi connectivity index (χ4n) is 2.66. The maximum Gasteiger partial charge on any atom is 0.248 e. The molecule has 4 aromatic rings. The molecule has 0 saturated carbocycles. The zero-order valence-corrected chi connectivity index (χ0v) is 13.3. The number of para-hydroxylation sites is 1. The quantitative estimate of drug-likeness (QED) is 0.602. The third kappa shape index (κ3) is 2.92. The fraction of sp³-hybridized carbons (Fsp3) is 0. The van der Waals surface area contributed by atoms with E-state index in [2.05, 4.69) is 15.4 Å². The number of benzene rings is 2. The molecule has 0 saturated heterocycles. The Morgan fingerprint density at radius 3 is 2.56 bits per heavy atom. The van der Waals surface area contributed by atoms with Crippen molar-refractivity contribution in [2.24, 2.45) is 5.73 Å². The Morgan fingerprint density at radius 2 is 1.76 bits per heavy atom. The molecule has 0 aliphatic carbocycles. The van der Waals surface area contributed by atoms with Crippen LogP contribution in [-0.2, 0) is 0 Å². The minimum Gasteiger partial charge on any atom is -0.366 e. The van der Waals surface area contributed by atoms with Gasteiger partial charge in [-0.25, -0.2) is 4.52 Å². The van der Waals surface area contributed by atoms with E-state index in [0.717, 1.165) is 16.9 Å². The number of nitrogens with two attached hydrogens (primary N) is 1. The molecular weight excluding hydrogens is 314 g/mol. The van der Waals surface area contributed by atoms with Gasteiger partial charge in [0.05, 0.1) is 5.69 Å². The topological polar surface area (TPSA) is 85.3 Å². The Hall–Kier alpha value is -3.67. The van der Waals surface area contributed by atoms with Crippen molar-refractivity contribution in [2.45, 2.75) is 0 Å². The Kier molecular flexibility index (Phi) is 3.63. The van der Waals surface area contributed by atoms with Crippen LogP contribution in [0.3, 0.4) is 0 Å². The summed E-state index contributed by atoms with van der Waals surface area (Å²) < 4.78 is 1.74. The summed E-state index contributed by atoms with van der Waals surface area (Å²) in [6, 6.07) is 22.6. The molecule has 2 aromatic heterocycles. The van der Waals surface area contributed by atoms with Gasteiger partial charge < -0.3 is 11.1 Å². The van der Waals surface area contributed by atoms with E-state index in [1.54, 1.807) is 22.7 Å². The molecule has 0 spiro atoms. The van der Waals surface area contributed by atoms with E-state index < -0.39 is 5.91 Å². The monoisotopic (exact) mass is 329 g/mol. The first kappa shape index (κ1) is 14.9. The summed E-state index contributed by atoms with van der Waals surface area (Å²) in [5.41, 5.74) is 9.13. The maximum atomic E-state index is 11.4. The highest BCUT2D eigenvalue weighted by atomic mass is 16.1. The van der Waals surface area contributed by atoms with Crippen LogP contribution in [0.2, 0.25) is 0 Å². The third-order valence-electron chi connectivity index (χ3n) is 3.83. The van der Waals surface area contributed by atoms with Crippen LogP contribution in [0.1, 0.15) is 10.4 Å². The summed E-state index contributed by atoms with van der Waals surface area (Å²) in [5, 5.41) is 7.72. The molecule has 3 N–H and O–H groups in total. The molecular formula is C19H15N5O. The van der Waals surface area contributed by atoms with E-state index in [-0.39, 0.29) is 0 Å². The molecule has 0 unspecified atom stereocenters. The van der Waals surface area contributed by atoms with Gasteiger partial charge in [0.1, 0.15) is 0 Å².